The highest BCUT2D eigenvalue weighted by molar-refractivity contribution is 6.31. The molecule has 1 aliphatic carbocycles. The summed E-state index contributed by atoms with van der Waals surface area (Å²) in [6.07, 6.45) is -1.89. The number of hydrogen-bond donors (Lipinski definition) is 3. The van der Waals surface area contributed by atoms with E-state index in [1.165, 1.54) is 19.1 Å². The zero-order valence-corrected chi connectivity index (χ0v) is 20.6. The van der Waals surface area contributed by atoms with Gasteiger partial charge in [0.1, 0.15) is 5.69 Å². The Bertz CT molecular complexity index is 1300. The van der Waals surface area contributed by atoms with Gasteiger partial charge in [0, 0.05) is 46.4 Å². The lowest BCUT2D eigenvalue weighted by molar-refractivity contribution is -0.140. The molecule has 190 valence electrons. The number of halogens is 4. The standard InChI is InChI=1S/C26H26ClF3N4O2/c1-14-3-5-19(31-15(2)35)12-20(14)25(36)33-18-8-6-17(7-9-18)32-23-13-24(26(28,29)30)34-22-10-4-16(27)11-21(22)23/h3-5,10-13,17-18H,6-9H2,1-2H3,(H,31,35)(H,32,34)(H,33,36). The molecule has 2 amide bonds. The molecule has 1 saturated carbocycles. The van der Waals surface area contributed by atoms with Crippen molar-refractivity contribution in [3.63, 3.8) is 0 Å². The number of rotatable bonds is 5. The Balaban J connectivity index is 1.43. The third-order valence-corrected chi connectivity index (χ3v) is 6.52. The van der Waals surface area contributed by atoms with Gasteiger partial charge in [-0.3, -0.25) is 9.59 Å². The van der Waals surface area contributed by atoms with Crippen LogP contribution in [0.4, 0.5) is 24.5 Å². The maximum absolute atomic E-state index is 13.4. The Morgan fingerprint density at radius 1 is 1.00 bits per heavy atom. The zero-order chi connectivity index (χ0) is 26.0. The number of aryl methyl sites for hydroxylation is 1. The maximum Gasteiger partial charge on any atom is 0.433 e. The van der Waals surface area contributed by atoms with Crippen molar-refractivity contribution >= 4 is 45.7 Å². The lowest BCUT2D eigenvalue weighted by Crippen LogP contribution is -2.40. The molecule has 10 heteroatoms. The fourth-order valence-electron chi connectivity index (χ4n) is 4.48. The van der Waals surface area contributed by atoms with Crippen LogP contribution in [0, 0.1) is 6.92 Å². The first-order valence-corrected chi connectivity index (χ1v) is 12.0. The molecule has 3 aromatic rings. The van der Waals surface area contributed by atoms with E-state index in [4.69, 9.17) is 11.6 Å². The molecule has 3 N–H and O–H groups in total. The van der Waals surface area contributed by atoms with Gasteiger partial charge in [0.15, 0.2) is 0 Å². The van der Waals surface area contributed by atoms with E-state index < -0.39 is 11.9 Å². The first kappa shape index (κ1) is 25.8. The van der Waals surface area contributed by atoms with E-state index in [9.17, 15) is 22.8 Å². The van der Waals surface area contributed by atoms with E-state index in [1.54, 1.807) is 24.3 Å². The second kappa shape index (κ2) is 10.3. The number of benzene rings is 2. The summed E-state index contributed by atoms with van der Waals surface area (Å²) in [6.45, 7) is 3.23. The molecule has 1 heterocycles. The van der Waals surface area contributed by atoms with Crippen molar-refractivity contribution in [1.29, 1.82) is 0 Å². The molecule has 36 heavy (non-hydrogen) atoms. The van der Waals surface area contributed by atoms with Gasteiger partial charge in [0.05, 0.1) is 5.52 Å². The number of carbonyl (C=O) groups is 2. The van der Waals surface area contributed by atoms with Gasteiger partial charge in [-0.1, -0.05) is 17.7 Å². The van der Waals surface area contributed by atoms with Crippen molar-refractivity contribution in [2.24, 2.45) is 0 Å². The lowest BCUT2D eigenvalue weighted by Gasteiger charge is -2.31. The number of nitrogens with one attached hydrogen (secondary N) is 3. The van der Waals surface area contributed by atoms with Crippen molar-refractivity contribution in [1.82, 2.24) is 10.3 Å². The molecule has 0 bridgehead atoms. The Morgan fingerprint density at radius 3 is 2.36 bits per heavy atom. The van der Waals surface area contributed by atoms with Crippen LogP contribution in [0.15, 0.2) is 42.5 Å². The summed E-state index contributed by atoms with van der Waals surface area (Å²) in [5.74, 6) is -0.441. The van der Waals surface area contributed by atoms with E-state index in [-0.39, 0.29) is 29.4 Å². The number of carbonyl (C=O) groups excluding carboxylic acids is 2. The lowest BCUT2D eigenvalue weighted by atomic mass is 9.90. The van der Waals surface area contributed by atoms with Gasteiger partial charge in [-0.15, -0.1) is 0 Å². The number of pyridine rings is 1. The molecule has 0 spiro atoms. The van der Waals surface area contributed by atoms with Crippen LogP contribution in [0.2, 0.25) is 5.02 Å². The molecule has 0 radical (unpaired) electrons. The minimum atomic E-state index is -4.57. The zero-order valence-electron chi connectivity index (χ0n) is 19.8. The van der Waals surface area contributed by atoms with Crippen LogP contribution in [-0.2, 0) is 11.0 Å². The Kier molecular flexibility index (Phi) is 7.40. The average Bonchev–Trinajstić information content (AvgIpc) is 2.80. The van der Waals surface area contributed by atoms with E-state index in [1.807, 2.05) is 6.92 Å². The normalized spacial score (nSPS) is 18.1. The Labute approximate surface area is 211 Å². The van der Waals surface area contributed by atoms with Crippen LogP contribution in [0.5, 0.6) is 0 Å². The number of amides is 2. The molecule has 1 aromatic heterocycles. The summed E-state index contributed by atoms with van der Waals surface area (Å²) < 4.78 is 40.2. The molecule has 1 aliphatic rings. The molecule has 2 aromatic carbocycles. The fourth-order valence-corrected chi connectivity index (χ4v) is 4.65. The third-order valence-electron chi connectivity index (χ3n) is 6.29. The van der Waals surface area contributed by atoms with Crippen molar-refractivity contribution in [2.45, 2.75) is 57.8 Å². The molecule has 4 rings (SSSR count). The SMILES string of the molecule is CC(=O)Nc1ccc(C)c(C(=O)NC2CCC(Nc3cc(C(F)(F)F)nc4ccc(Cl)cc34)CC2)c1. The molecule has 0 saturated heterocycles. The molecule has 0 aliphatic heterocycles. The smallest absolute Gasteiger partial charge is 0.382 e. The van der Waals surface area contributed by atoms with Gasteiger partial charge in [0.2, 0.25) is 5.91 Å². The van der Waals surface area contributed by atoms with Gasteiger partial charge in [-0.2, -0.15) is 13.2 Å². The van der Waals surface area contributed by atoms with Crippen LogP contribution in [0.25, 0.3) is 10.9 Å². The quantitative estimate of drug-likeness (QED) is 0.369. The topological polar surface area (TPSA) is 83.1 Å². The number of aromatic nitrogens is 1. The fraction of sp³-hybridized carbons (Fsp3) is 0.346. The maximum atomic E-state index is 13.4. The highest BCUT2D eigenvalue weighted by Crippen LogP contribution is 2.35. The highest BCUT2D eigenvalue weighted by atomic mass is 35.5. The monoisotopic (exact) mass is 518 g/mol. The number of hydrogen-bond acceptors (Lipinski definition) is 4. The van der Waals surface area contributed by atoms with Gasteiger partial charge < -0.3 is 16.0 Å². The van der Waals surface area contributed by atoms with Gasteiger partial charge in [-0.05, 0) is 74.6 Å². The van der Waals surface area contributed by atoms with Crippen LogP contribution in [0.3, 0.4) is 0 Å². The number of fused-ring (bicyclic) bond motifs is 1. The Hall–Kier alpha value is -3.33. The number of nitrogens with zero attached hydrogens (tertiary/aromatic N) is 1. The molecule has 1 fully saturated rings. The summed E-state index contributed by atoms with van der Waals surface area (Å²) in [5.41, 5.74) is 1.43. The first-order chi connectivity index (χ1) is 17.0. The number of alkyl halides is 3. The predicted octanol–water partition coefficient (Wildman–Crippen LogP) is 6.33. The van der Waals surface area contributed by atoms with Gasteiger partial charge in [0.25, 0.3) is 5.91 Å². The summed E-state index contributed by atoms with van der Waals surface area (Å²) in [6, 6.07) is 10.7. The summed E-state index contributed by atoms with van der Waals surface area (Å²) in [5, 5.41) is 9.92. The van der Waals surface area contributed by atoms with Crippen molar-refractivity contribution in [3.05, 3.63) is 64.3 Å². The average molecular weight is 519 g/mol. The van der Waals surface area contributed by atoms with Crippen molar-refractivity contribution in [3.8, 4) is 0 Å². The molecular formula is C26H26ClF3N4O2. The van der Waals surface area contributed by atoms with Crippen LogP contribution in [-0.4, -0.2) is 28.9 Å². The van der Waals surface area contributed by atoms with Crippen molar-refractivity contribution < 1.29 is 22.8 Å². The second-order valence-electron chi connectivity index (χ2n) is 9.09. The highest BCUT2D eigenvalue weighted by Gasteiger charge is 2.34. The van der Waals surface area contributed by atoms with E-state index in [2.05, 4.69) is 20.9 Å². The molecular weight excluding hydrogens is 493 g/mol. The van der Waals surface area contributed by atoms with Gasteiger partial charge in [-0.25, -0.2) is 4.98 Å². The molecule has 0 unspecified atom stereocenters. The summed E-state index contributed by atoms with van der Waals surface area (Å²) in [4.78, 5) is 28.0. The molecule has 6 nitrogen and oxygen atoms in total. The van der Waals surface area contributed by atoms with E-state index in [0.717, 1.165) is 11.6 Å². The Morgan fingerprint density at radius 2 is 1.69 bits per heavy atom. The third kappa shape index (κ3) is 6.07. The van der Waals surface area contributed by atoms with E-state index >= 15 is 0 Å². The summed E-state index contributed by atoms with van der Waals surface area (Å²) >= 11 is 6.09. The second-order valence-corrected chi connectivity index (χ2v) is 9.53. The summed E-state index contributed by atoms with van der Waals surface area (Å²) in [7, 11) is 0. The van der Waals surface area contributed by atoms with Crippen LogP contribution in [0.1, 0.15) is 54.2 Å². The minimum Gasteiger partial charge on any atom is -0.382 e. The minimum absolute atomic E-state index is 0.0614. The molecule has 0 atom stereocenters. The van der Waals surface area contributed by atoms with Gasteiger partial charge >= 0.3 is 6.18 Å². The van der Waals surface area contributed by atoms with Crippen LogP contribution >= 0.6 is 11.6 Å². The predicted molar refractivity (Wildman–Crippen MR) is 134 cm³/mol. The van der Waals surface area contributed by atoms with Crippen LogP contribution < -0.4 is 16.0 Å². The van der Waals surface area contributed by atoms with Crippen molar-refractivity contribution in [2.75, 3.05) is 10.6 Å². The first-order valence-electron chi connectivity index (χ1n) is 11.6. The largest absolute Gasteiger partial charge is 0.433 e. The van der Waals surface area contributed by atoms with E-state index in [0.29, 0.717) is 53.0 Å². The number of anilines is 2.